The fourth-order valence-electron chi connectivity index (χ4n) is 1.98. The van der Waals surface area contributed by atoms with Gasteiger partial charge in [0, 0.05) is 31.0 Å². The number of ether oxygens (including phenoxy) is 1. The van der Waals surface area contributed by atoms with Crippen molar-refractivity contribution in [2.24, 2.45) is 11.7 Å². The maximum Gasteiger partial charge on any atom is 0.217 e. The minimum Gasteiger partial charge on any atom is -0.381 e. The van der Waals surface area contributed by atoms with Crippen LogP contribution in [-0.2, 0) is 4.74 Å². The van der Waals surface area contributed by atoms with Gasteiger partial charge in [-0.3, -0.25) is 0 Å². The topological polar surface area (TPSA) is 48.1 Å². The molecule has 3 nitrogen and oxygen atoms in total. The van der Waals surface area contributed by atoms with Gasteiger partial charge in [0.15, 0.2) is 0 Å². The van der Waals surface area contributed by atoms with Gasteiger partial charge < -0.3 is 10.5 Å². The van der Waals surface area contributed by atoms with Crippen LogP contribution in [0.1, 0.15) is 24.4 Å². The molecular weight excluding hydrogens is 231 g/mol. The highest BCUT2D eigenvalue weighted by molar-refractivity contribution is 5.85. The molecule has 5 heteroatoms. The van der Waals surface area contributed by atoms with Crippen molar-refractivity contribution in [1.29, 1.82) is 0 Å². The number of hydrogen-bond acceptors (Lipinski definition) is 3. The van der Waals surface area contributed by atoms with E-state index in [-0.39, 0.29) is 18.4 Å². The summed E-state index contributed by atoms with van der Waals surface area (Å²) in [5, 5.41) is 0. The van der Waals surface area contributed by atoms with E-state index < -0.39 is 5.95 Å². The molecule has 1 fully saturated rings. The van der Waals surface area contributed by atoms with Gasteiger partial charge >= 0.3 is 0 Å². The summed E-state index contributed by atoms with van der Waals surface area (Å²) in [5.41, 5.74) is 6.55. The van der Waals surface area contributed by atoms with Crippen molar-refractivity contribution in [2.75, 3.05) is 13.2 Å². The van der Waals surface area contributed by atoms with Gasteiger partial charge in [-0.15, -0.1) is 12.4 Å². The highest BCUT2D eigenvalue weighted by atomic mass is 35.5. The van der Waals surface area contributed by atoms with Crippen molar-refractivity contribution in [3.8, 4) is 0 Å². The molecule has 90 valence electrons. The largest absolute Gasteiger partial charge is 0.381 e. The Hall–Kier alpha value is -0.710. The van der Waals surface area contributed by atoms with Crippen LogP contribution in [0.5, 0.6) is 0 Å². The summed E-state index contributed by atoms with van der Waals surface area (Å²) in [7, 11) is 0. The van der Waals surface area contributed by atoms with Crippen molar-refractivity contribution in [2.45, 2.75) is 18.9 Å². The van der Waals surface area contributed by atoms with Gasteiger partial charge in [-0.2, -0.15) is 4.39 Å². The molecule has 0 aliphatic carbocycles. The number of hydrogen-bond donors (Lipinski definition) is 1. The molecule has 1 atom stereocenters. The first-order valence-electron chi connectivity index (χ1n) is 5.23. The smallest absolute Gasteiger partial charge is 0.217 e. The molecule has 2 rings (SSSR count). The number of aromatic nitrogens is 1. The molecule has 1 aliphatic heterocycles. The first-order chi connectivity index (χ1) is 7.29. The van der Waals surface area contributed by atoms with Gasteiger partial charge in [-0.05, 0) is 24.8 Å². The van der Waals surface area contributed by atoms with E-state index in [1.54, 1.807) is 12.1 Å². The first kappa shape index (κ1) is 13.4. The fourth-order valence-corrected chi connectivity index (χ4v) is 1.98. The van der Waals surface area contributed by atoms with E-state index in [4.69, 9.17) is 10.5 Å². The van der Waals surface area contributed by atoms with E-state index in [0.717, 1.165) is 26.1 Å². The van der Waals surface area contributed by atoms with Crippen molar-refractivity contribution in [3.05, 3.63) is 29.8 Å². The van der Waals surface area contributed by atoms with Crippen molar-refractivity contribution in [3.63, 3.8) is 0 Å². The molecule has 16 heavy (non-hydrogen) atoms. The summed E-state index contributed by atoms with van der Waals surface area (Å²) in [6, 6.07) is 3.17. The minimum atomic E-state index is -0.448. The SMILES string of the molecule is Cl.N[C@@H](c1cccnc1F)C1CCOCC1. The van der Waals surface area contributed by atoms with Crippen LogP contribution in [0.4, 0.5) is 4.39 Å². The van der Waals surface area contributed by atoms with Gasteiger partial charge in [0.25, 0.3) is 0 Å². The molecule has 1 aliphatic rings. The van der Waals surface area contributed by atoms with Crippen LogP contribution < -0.4 is 5.73 Å². The summed E-state index contributed by atoms with van der Waals surface area (Å²) in [5.74, 6) is -0.144. The monoisotopic (exact) mass is 246 g/mol. The number of halogens is 2. The minimum absolute atomic E-state index is 0. The number of pyridine rings is 1. The highest BCUT2D eigenvalue weighted by Gasteiger charge is 2.24. The molecule has 1 saturated heterocycles. The average molecular weight is 247 g/mol. The predicted octanol–water partition coefficient (Wildman–Crippen LogP) is 2.07. The zero-order valence-corrected chi connectivity index (χ0v) is 9.75. The number of nitrogens with two attached hydrogens (primary N) is 1. The zero-order chi connectivity index (χ0) is 10.7. The van der Waals surface area contributed by atoms with Crippen molar-refractivity contribution in [1.82, 2.24) is 4.98 Å². The molecular formula is C11H16ClFN2O. The molecule has 1 aromatic heterocycles. The first-order valence-corrected chi connectivity index (χ1v) is 5.23. The molecule has 0 unspecified atom stereocenters. The normalized spacial score (nSPS) is 18.9. The van der Waals surface area contributed by atoms with Gasteiger partial charge in [0.05, 0.1) is 0 Å². The van der Waals surface area contributed by atoms with E-state index in [1.165, 1.54) is 6.20 Å². The second-order valence-corrected chi connectivity index (χ2v) is 3.86. The lowest BCUT2D eigenvalue weighted by atomic mass is 9.88. The molecule has 0 bridgehead atoms. The third-order valence-corrected chi connectivity index (χ3v) is 2.92. The highest BCUT2D eigenvalue weighted by Crippen LogP contribution is 2.28. The fraction of sp³-hybridized carbons (Fsp3) is 0.545. The molecule has 0 saturated carbocycles. The Morgan fingerprint density at radius 1 is 1.44 bits per heavy atom. The quantitative estimate of drug-likeness (QED) is 0.813. The van der Waals surface area contributed by atoms with Crippen LogP contribution >= 0.6 is 12.4 Å². The second-order valence-electron chi connectivity index (χ2n) is 3.86. The molecule has 0 spiro atoms. The van der Waals surface area contributed by atoms with Crippen LogP contribution in [0.3, 0.4) is 0 Å². The summed E-state index contributed by atoms with van der Waals surface area (Å²) >= 11 is 0. The van der Waals surface area contributed by atoms with Crippen LogP contribution in [0, 0.1) is 11.9 Å². The number of rotatable bonds is 2. The molecule has 2 N–H and O–H groups in total. The van der Waals surface area contributed by atoms with E-state index in [9.17, 15) is 4.39 Å². The third kappa shape index (κ3) is 2.90. The Labute approximate surface area is 101 Å². The maximum atomic E-state index is 13.4. The van der Waals surface area contributed by atoms with Gasteiger partial charge in [0.1, 0.15) is 0 Å². The predicted molar refractivity (Wildman–Crippen MR) is 61.9 cm³/mol. The zero-order valence-electron chi connectivity index (χ0n) is 8.93. The Morgan fingerprint density at radius 3 is 2.75 bits per heavy atom. The summed E-state index contributed by atoms with van der Waals surface area (Å²) < 4.78 is 18.6. The molecule has 2 heterocycles. The van der Waals surface area contributed by atoms with Crippen LogP contribution in [0.15, 0.2) is 18.3 Å². The summed E-state index contributed by atoms with van der Waals surface area (Å²) in [4.78, 5) is 3.62. The van der Waals surface area contributed by atoms with E-state index >= 15 is 0 Å². The second kappa shape index (κ2) is 6.13. The lowest BCUT2D eigenvalue weighted by Crippen LogP contribution is -2.28. The van der Waals surface area contributed by atoms with Gasteiger partial charge in [-0.25, -0.2) is 4.98 Å². The Morgan fingerprint density at radius 2 is 2.12 bits per heavy atom. The average Bonchev–Trinajstić information content (AvgIpc) is 2.30. The molecule has 0 radical (unpaired) electrons. The van der Waals surface area contributed by atoms with Crippen LogP contribution in [-0.4, -0.2) is 18.2 Å². The van der Waals surface area contributed by atoms with Crippen molar-refractivity contribution >= 4 is 12.4 Å². The number of nitrogens with zero attached hydrogens (tertiary/aromatic N) is 1. The standard InChI is InChI=1S/C11H15FN2O.ClH/c12-11-9(2-1-5-14-11)10(13)8-3-6-15-7-4-8;/h1-2,5,8,10H,3-4,6-7,13H2;1H/t10-;/m1./s1. The summed E-state index contributed by atoms with van der Waals surface area (Å²) in [6.07, 6.45) is 3.24. The lowest BCUT2D eigenvalue weighted by Gasteiger charge is -2.27. The maximum absolute atomic E-state index is 13.4. The van der Waals surface area contributed by atoms with Gasteiger partial charge in [-0.1, -0.05) is 6.07 Å². The van der Waals surface area contributed by atoms with Crippen LogP contribution in [0.25, 0.3) is 0 Å². The summed E-state index contributed by atoms with van der Waals surface area (Å²) in [6.45, 7) is 1.44. The lowest BCUT2D eigenvalue weighted by molar-refractivity contribution is 0.0579. The Balaban J connectivity index is 0.00000128. The molecule has 1 aromatic rings. The molecule has 0 amide bonds. The van der Waals surface area contributed by atoms with E-state index in [2.05, 4.69) is 4.98 Å². The van der Waals surface area contributed by atoms with Crippen molar-refractivity contribution < 1.29 is 9.13 Å². The molecule has 0 aromatic carbocycles. The Bertz CT molecular complexity index is 332. The van der Waals surface area contributed by atoms with E-state index in [0.29, 0.717) is 11.5 Å². The van der Waals surface area contributed by atoms with Crippen LogP contribution in [0.2, 0.25) is 0 Å². The third-order valence-electron chi connectivity index (χ3n) is 2.92. The van der Waals surface area contributed by atoms with Gasteiger partial charge in [0.2, 0.25) is 5.95 Å². The Kier molecular flexibility index (Phi) is 5.12. The van der Waals surface area contributed by atoms with E-state index in [1.807, 2.05) is 0 Å².